The Morgan fingerprint density at radius 2 is 1.83 bits per heavy atom. The second-order valence-corrected chi connectivity index (χ2v) is 15.4. The molecule has 47 heavy (non-hydrogen) atoms. The van der Waals surface area contributed by atoms with Crippen LogP contribution >= 0.6 is 23.5 Å². The smallest absolute Gasteiger partial charge is 0.390 e. The summed E-state index contributed by atoms with van der Waals surface area (Å²) in [5, 5.41) is 21.1. The van der Waals surface area contributed by atoms with Gasteiger partial charge in [-0.1, -0.05) is 0 Å². The van der Waals surface area contributed by atoms with Gasteiger partial charge in [-0.15, -0.1) is 0 Å². The average Bonchev–Trinajstić information content (AvgIpc) is 3.72. The Hall–Kier alpha value is -2.58. The van der Waals surface area contributed by atoms with Crippen LogP contribution in [0.15, 0.2) is 37.2 Å². The number of carbonyl (C=O) groups is 1. The molecule has 2 saturated heterocycles. The van der Waals surface area contributed by atoms with Crippen LogP contribution < -0.4 is 10.3 Å². The highest BCUT2D eigenvalue weighted by Crippen LogP contribution is 2.62. The minimum atomic E-state index is -5.37. The van der Waals surface area contributed by atoms with Gasteiger partial charge in [0, 0.05) is 18.4 Å². The highest BCUT2D eigenvalue weighted by Gasteiger charge is 2.58. The molecule has 24 heteroatoms. The minimum absolute atomic E-state index is 0.0467. The fourth-order valence-corrected chi connectivity index (χ4v) is 8.98. The van der Waals surface area contributed by atoms with Crippen molar-refractivity contribution >= 4 is 46.2 Å². The van der Waals surface area contributed by atoms with E-state index in [0.717, 1.165) is 6.33 Å². The third-order valence-electron chi connectivity index (χ3n) is 7.90. The number of rotatable bonds is 11. The Morgan fingerprint density at radius 1 is 1.13 bits per heavy atom. The maximum atomic E-state index is 12.7. The summed E-state index contributed by atoms with van der Waals surface area (Å²) >= 11 is 0. The number of imidazole rings is 1. The number of phosphoric ester groups is 3. The summed E-state index contributed by atoms with van der Waals surface area (Å²) in [5.74, 6) is -1.09. The van der Waals surface area contributed by atoms with Gasteiger partial charge in [0.05, 0.1) is 31.2 Å². The Kier molecular flexibility index (Phi) is 9.27. The molecule has 6 rings (SSSR count). The van der Waals surface area contributed by atoms with Crippen LogP contribution in [0.5, 0.6) is 0 Å². The zero-order valence-electron chi connectivity index (χ0n) is 24.2. The Labute approximate surface area is 264 Å². The van der Waals surface area contributed by atoms with Gasteiger partial charge in [-0.2, -0.15) is 8.88 Å². The maximum absolute atomic E-state index is 12.7. The molecule has 11 unspecified atom stereocenters. The van der Waals surface area contributed by atoms with Gasteiger partial charge in [-0.3, -0.25) is 27.5 Å². The quantitative estimate of drug-likeness (QED) is 0.0856. The number of Topliss-reactive ketones (excluding diaryl/α,β-unsaturated/α-hetero) is 1. The highest BCUT2D eigenvalue weighted by molar-refractivity contribution is 7.61. The number of aliphatic hydroxyl groups excluding tert-OH is 2. The number of aliphatic hydroxyl groups is 2. The van der Waals surface area contributed by atoms with Crippen LogP contribution in [0.25, 0.3) is 11.2 Å². The summed E-state index contributed by atoms with van der Waals surface area (Å²) in [7, 11) is -15.3. The lowest BCUT2D eigenvalue weighted by atomic mass is 10.1. The van der Waals surface area contributed by atoms with E-state index in [-0.39, 0.29) is 29.2 Å². The molecule has 3 aliphatic rings. The Bertz CT molecular complexity index is 1830. The third-order valence-corrected chi connectivity index (χ3v) is 11.5. The van der Waals surface area contributed by atoms with Gasteiger partial charge in [0.15, 0.2) is 41.9 Å². The fraction of sp³-hybridized carbons (Fsp3) is 0.522. The molecule has 1 aliphatic carbocycles. The molecular weight excluding hydrogens is 693 g/mol. The van der Waals surface area contributed by atoms with Gasteiger partial charge in [-0.25, -0.2) is 28.6 Å². The first-order valence-corrected chi connectivity index (χ1v) is 18.3. The monoisotopic (exact) mass is 723 g/mol. The molecule has 3 aromatic heterocycles. The first kappa shape index (κ1) is 34.3. The van der Waals surface area contributed by atoms with Crippen molar-refractivity contribution in [1.29, 1.82) is 0 Å². The predicted molar refractivity (Wildman–Crippen MR) is 152 cm³/mol. The molecule has 256 valence electrons. The van der Waals surface area contributed by atoms with Crippen molar-refractivity contribution in [2.24, 2.45) is 5.92 Å². The number of carbonyl (C=O) groups excluding carboxylic acids is 1. The third kappa shape index (κ3) is 7.10. The molecule has 0 spiro atoms. The van der Waals surface area contributed by atoms with Crippen LogP contribution in [0.1, 0.15) is 36.0 Å². The summed E-state index contributed by atoms with van der Waals surface area (Å²) in [5.41, 5.74) is 6.55. The number of ether oxygens (including phenoxy) is 1. The van der Waals surface area contributed by atoms with Gasteiger partial charge < -0.3 is 35.4 Å². The van der Waals surface area contributed by atoms with E-state index < -0.39 is 85.4 Å². The number of anilines is 1. The zero-order valence-corrected chi connectivity index (χ0v) is 26.9. The summed E-state index contributed by atoms with van der Waals surface area (Å²) in [6.07, 6.45) is -2.34. The van der Waals surface area contributed by atoms with Gasteiger partial charge in [0.25, 0.3) is 0 Å². The number of fused-ring (bicyclic) bond motifs is 2. The molecule has 5 heterocycles. The van der Waals surface area contributed by atoms with Gasteiger partial charge in [0.1, 0.15) is 36.3 Å². The first-order chi connectivity index (χ1) is 22.0. The van der Waals surface area contributed by atoms with Crippen molar-refractivity contribution in [3.63, 3.8) is 0 Å². The van der Waals surface area contributed by atoms with Crippen LogP contribution in [-0.2, 0) is 40.8 Å². The van der Waals surface area contributed by atoms with Crippen LogP contribution in [0.2, 0.25) is 0 Å². The molecule has 0 radical (unpaired) electrons. The number of pyridine rings is 1. The summed E-state index contributed by atoms with van der Waals surface area (Å²) in [6.45, 7) is -0.159. The van der Waals surface area contributed by atoms with Crippen molar-refractivity contribution in [2.75, 3.05) is 18.9 Å². The molecule has 3 fully saturated rings. The normalized spacial score (nSPS) is 34.7. The number of ketones is 1. The van der Waals surface area contributed by atoms with Crippen LogP contribution in [0, 0.1) is 5.92 Å². The molecule has 1 saturated carbocycles. The molecular formula is C23H30N6O15P3+. The van der Waals surface area contributed by atoms with Crippen LogP contribution in [0.4, 0.5) is 5.82 Å². The Morgan fingerprint density at radius 3 is 2.55 bits per heavy atom. The van der Waals surface area contributed by atoms with Gasteiger partial charge in [-0.05, 0) is 13.0 Å². The number of nitrogens with two attached hydrogens (primary N) is 1. The Balaban J connectivity index is 1.08. The standard InChI is InChI=1S/C23H29N6O15P3/c1-11(30)12-3-2-4-28(6-12)14-5-13(17(31)18(14)32)7-39-45(33,34)44-46(35,36)40-8-15-19-20(43-47(37,38)42-19)23(41-15)29-10-27-16-21(24)25-9-26-22(16)29/h2-4,6,9-10,13-15,17-20,23,31-32H,5,7-8H2,1H3,(H4-,24,25,26,33,34,35,36,37,38)/p+1. The lowest BCUT2D eigenvalue weighted by molar-refractivity contribution is -0.728. The van der Waals surface area contributed by atoms with Gasteiger partial charge in [0.2, 0.25) is 0 Å². The number of phosphoric acid groups is 3. The second-order valence-electron chi connectivity index (χ2n) is 11.0. The molecule has 3 aromatic rings. The van der Waals surface area contributed by atoms with E-state index in [4.69, 9.17) is 28.6 Å². The van der Waals surface area contributed by atoms with Crippen molar-refractivity contribution in [3.05, 3.63) is 42.7 Å². The van der Waals surface area contributed by atoms with Crippen LogP contribution in [-0.4, -0.2) is 93.9 Å². The predicted octanol–water partition coefficient (Wildman–Crippen LogP) is -0.0860. The minimum Gasteiger partial charge on any atom is -0.390 e. The van der Waals surface area contributed by atoms with Crippen molar-refractivity contribution in [3.8, 4) is 0 Å². The number of nitrogens with zero attached hydrogens (tertiary/aromatic N) is 5. The molecule has 11 atom stereocenters. The van der Waals surface area contributed by atoms with E-state index in [1.165, 1.54) is 28.6 Å². The first-order valence-electron chi connectivity index (χ1n) is 13.9. The fourth-order valence-electron chi connectivity index (χ4n) is 5.70. The zero-order chi connectivity index (χ0) is 33.9. The number of nitrogen functional groups attached to an aromatic ring is 1. The summed E-state index contributed by atoms with van der Waals surface area (Å²) in [4.78, 5) is 54.1. The molecule has 2 aliphatic heterocycles. The van der Waals surface area contributed by atoms with E-state index in [2.05, 4.69) is 19.3 Å². The highest BCUT2D eigenvalue weighted by atomic mass is 31.3. The van der Waals surface area contributed by atoms with E-state index in [9.17, 15) is 43.4 Å². The SMILES string of the molecule is CC(=O)c1ccc[n+](C2CC(COP(=O)(O)OP(=O)(O)OCC3OC(n4cnc5c(N)ncnc54)C4OP(=O)(O)OC34)C(O)C2O)c1. The second kappa shape index (κ2) is 12.7. The molecule has 0 amide bonds. The van der Waals surface area contributed by atoms with Crippen LogP contribution in [0.3, 0.4) is 0 Å². The average molecular weight is 723 g/mol. The van der Waals surface area contributed by atoms with Gasteiger partial charge >= 0.3 is 23.5 Å². The topological polar surface area (TPSA) is 298 Å². The summed E-state index contributed by atoms with van der Waals surface area (Å²) in [6, 6.07) is 2.45. The number of hydrogen-bond donors (Lipinski definition) is 6. The number of aromatic nitrogens is 5. The largest absolute Gasteiger partial charge is 0.481 e. The van der Waals surface area contributed by atoms with E-state index in [0.29, 0.717) is 5.56 Å². The molecule has 0 bridgehead atoms. The molecule has 0 aromatic carbocycles. The maximum Gasteiger partial charge on any atom is 0.481 e. The number of hydrogen-bond acceptors (Lipinski definition) is 16. The lowest BCUT2D eigenvalue weighted by Gasteiger charge is -2.21. The van der Waals surface area contributed by atoms with Crippen molar-refractivity contribution < 1.29 is 75.1 Å². The summed E-state index contributed by atoms with van der Waals surface area (Å²) < 4.78 is 70.5. The van der Waals surface area contributed by atoms with E-state index in [1.807, 2.05) is 0 Å². The molecule has 7 N–H and O–H groups in total. The lowest BCUT2D eigenvalue weighted by Crippen LogP contribution is -2.45. The van der Waals surface area contributed by atoms with Crippen molar-refractivity contribution in [1.82, 2.24) is 19.5 Å². The van der Waals surface area contributed by atoms with E-state index in [1.54, 1.807) is 18.3 Å². The van der Waals surface area contributed by atoms with E-state index >= 15 is 0 Å². The molecule has 21 nitrogen and oxygen atoms in total. The van der Waals surface area contributed by atoms with Crippen molar-refractivity contribution in [2.45, 2.75) is 56.1 Å².